The number of nitrogens with one attached hydrogen (secondary N) is 1. The molecule has 1 atom stereocenters. The smallest absolute Gasteiger partial charge is 0.254 e. The van der Waals surface area contributed by atoms with Crippen LogP contribution in [-0.4, -0.2) is 56.2 Å². The molecule has 1 unspecified atom stereocenters. The molecule has 7 nitrogen and oxygen atoms in total. The number of rotatable bonds is 7. The van der Waals surface area contributed by atoms with E-state index in [0.717, 1.165) is 48.6 Å². The van der Waals surface area contributed by atoms with Crippen molar-refractivity contribution in [1.82, 2.24) is 30.0 Å². The van der Waals surface area contributed by atoms with Gasteiger partial charge in [0.15, 0.2) is 0 Å². The zero-order chi connectivity index (χ0) is 20.5. The van der Waals surface area contributed by atoms with Crippen molar-refractivity contribution in [3.8, 4) is 16.5 Å². The lowest BCUT2D eigenvalue weighted by Crippen LogP contribution is -2.40. The van der Waals surface area contributed by atoms with Gasteiger partial charge in [-0.1, -0.05) is 13.0 Å². The highest BCUT2D eigenvalue weighted by atomic mass is 32.1. The number of hydrogen-bond acceptors (Lipinski definition) is 6. The van der Waals surface area contributed by atoms with Crippen LogP contribution in [0.3, 0.4) is 0 Å². The molecule has 3 aromatic rings. The van der Waals surface area contributed by atoms with Crippen LogP contribution in [0.4, 0.5) is 0 Å². The molecule has 30 heavy (non-hydrogen) atoms. The topological polar surface area (TPSA) is 75.9 Å². The molecule has 1 saturated carbocycles. The number of thiophene rings is 1. The van der Waals surface area contributed by atoms with Crippen molar-refractivity contribution in [2.75, 3.05) is 19.6 Å². The molecule has 1 saturated heterocycles. The minimum Gasteiger partial charge on any atom is -0.350 e. The van der Waals surface area contributed by atoms with Crippen molar-refractivity contribution >= 4 is 17.2 Å². The van der Waals surface area contributed by atoms with Gasteiger partial charge in [0.25, 0.3) is 11.9 Å². The van der Waals surface area contributed by atoms with Gasteiger partial charge in [-0.05, 0) is 56.3 Å². The third kappa shape index (κ3) is 3.77. The van der Waals surface area contributed by atoms with Crippen LogP contribution in [0.5, 0.6) is 0 Å². The molecule has 3 aromatic heterocycles. The summed E-state index contributed by atoms with van der Waals surface area (Å²) in [5.74, 6) is 0.830. The minimum atomic E-state index is -0.0412. The summed E-state index contributed by atoms with van der Waals surface area (Å²) in [6, 6.07) is 6.40. The van der Waals surface area contributed by atoms with E-state index < -0.39 is 0 Å². The molecule has 0 radical (unpaired) electrons. The Morgan fingerprint density at radius 1 is 1.30 bits per heavy atom. The molecule has 1 amide bonds. The number of amides is 1. The van der Waals surface area contributed by atoms with E-state index in [4.69, 9.17) is 4.98 Å². The van der Waals surface area contributed by atoms with Crippen LogP contribution in [0.1, 0.15) is 54.6 Å². The molecule has 1 N–H and O–H groups in total. The van der Waals surface area contributed by atoms with Crippen molar-refractivity contribution in [3.63, 3.8) is 0 Å². The second-order valence-electron chi connectivity index (χ2n) is 7.98. The Kier molecular flexibility index (Phi) is 5.35. The summed E-state index contributed by atoms with van der Waals surface area (Å²) >= 11 is 1.65. The van der Waals surface area contributed by atoms with Gasteiger partial charge < -0.3 is 5.32 Å². The molecule has 0 aromatic carbocycles. The molecule has 156 valence electrons. The first kappa shape index (κ1) is 19.4. The molecular formula is C22H26N6OS. The maximum absolute atomic E-state index is 13.0. The fraction of sp³-hybridized carbons (Fsp3) is 0.455. The molecule has 0 spiro atoms. The molecular weight excluding hydrogens is 396 g/mol. The molecule has 0 bridgehead atoms. The number of carbonyl (C=O) groups excluding carboxylic acids is 1. The molecule has 8 heteroatoms. The summed E-state index contributed by atoms with van der Waals surface area (Å²) < 4.78 is 1.76. The second kappa shape index (κ2) is 8.28. The van der Waals surface area contributed by atoms with Crippen LogP contribution >= 0.6 is 11.3 Å². The Labute approximate surface area is 180 Å². The van der Waals surface area contributed by atoms with Gasteiger partial charge in [-0.2, -0.15) is 5.10 Å². The summed E-state index contributed by atoms with van der Waals surface area (Å²) in [7, 11) is 0. The third-order valence-corrected chi connectivity index (χ3v) is 6.92. The zero-order valence-corrected chi connectivity index (χ0v) is 17.9. The summed E-state index contributed by atoms with van der Waals surface area (Å²) in [6.45, 7) is 5.02. The fourth-order valence-corrected chi connectivity index (χ4v) is 5.00. The van der Waals surface area contributed by atoms with E-state index in [2.05, 4.69) is 27.2 Å². The first-order valence-electron chi connectivity index (χ1n) is 10.7. The Morgan fingerprint density at radius 3 is 2.97 bits per heavy atom. The van der Waals surface area contributed by atoms with Crippen LogP contribution in [0, 0.1) is 0 Å². The molecule has 2 fully saturated rings. The minimum absolute atomic E-state index is 0.0412. The SMILES string of the molecule is CCN1CCCC1CNC(=O)c1cnn(-c2nccc(-c3cccs3)n2)c1C1CC1. The van der Waals surface area contributed by atoms with Gasteiger partial charge in [0.2, 0.25) is 0 Å². The number of hydrogen-bond donors (Lipinski definition) is 1. The standard InChI is InChI=1S/C22H26N6OS/c1-2-27-11-3-5-16(27)13-24-21(29)17-14-25-28(20(17)15-7-8-15)22-23-10-9-18(26-22)19-6-4-12-30-19/h4,6,9-10,12,14-16H,2-3,5,7-8,11,13H2,1H3,(H,24,29). The van der Waals surface area contributed by atoms with Crippen LogP contribution < -0.4 is 5.32 Å². The number of nitrogens with zero attached hydrogens (tertiary/aromatic N) is 5. The van der Waals surface area contributed by atoms with Gasteiger partial charge in [0.05, 0.1) is 28.0 Å². The lowest BCUT2D eigenvalue weighted by atomic mass is 10.1. The van der Waals surface area contributed by atoms with Gasteiger partial charge in [0.1, 0.15) is 0 Å². The fourth-order valence-electron chi connectivity index (χ4n) is 4.30. The second-order valence-corrected chi connectivity index (χ2v) is 8.93. The molecule has 4 heterocycles. The summed E-state index contributed by atoms with van der Waals surface area (Å²) in [4.78, 5) is 25.7. The molecule has 2 aliphatic rings. The Balaban J connectivity index is 1.39. The van der Waals surface area contributed by atoms with E-state index in [-0.39, 0.29) is 5.91 Å². The lowest BCUT2D eigenvalue weighted by molar-refractivity contribution is 0.0940. The number of carbonyl (C=O) groups is 1. The normalized spacial score (nSPS) is 19.3. The average Bonchev–Trinajstić information content (AvgIpc) is 3.19. The van der Waals surface area contributed by atoms with Crippen LogP contribution in [0.2, 0.25) is 0 Å². The average molecular weight is 423 g/mol. The monoisotopic (exact) mass is 422 g/mol. The highest BCUT2D eigenvalue weighted by Gasteiger charge is 2.34. The predicted octanol–water partition coefficient (Wildman–Crippen LogP) is 3.48. The van der Waals surface area contributed by atoms with E-state index in [1.165, 1.54) is 6.42 Å². The summed E-state index contributed by atoms with van der Waals surface area (Å²) in [5.41, 5.74) is 2.47. The quantitative estimate of drug-likeness (QED) is 0.631. The van der Waals surface area contributed by atoms with Crippen LogP contribution in [0.25, 0.3) is 16.5 Å². The highest BCUT2D eigenvalue weighted by Crippen LogP contribution is 2.42. The van der Waals surface area contributed by atoms with Crippen molar-refractivity contribution in [2.24, 2.45) is 0 Å². The predicted molar refractivity (Wildman–Crippen MR) is 117 cm³/mol. The van der Waals surface area contributed by atoms with E-state index >= 15 is 0 Å². The lowest BCUT2D eigenvalue weighted by Gasteiger charge is -2.22. The van der Waals surface area contributed by atoms with E-state index in [1.54, 1.807) is 28.4 Å². The molecule has 1 aliphatic heterocycles. The highest BCUT2D eigenvalue weighted by molar-refractivity contribution is 7.13. The van der Waals surface area contributed by atoms with Gasteiger partial charge in [0, 0.05) is 24.7 Å². The van der Waals surface area contributed by atoms with E-state index in [9.17, 15) is 4.79 Å². The summed E-state index contributed by atoms with van der Waals surface area (Å²) in [6.07, 6.45) is 7.93. The van der Waals surface area contributed by atoms with Crippen molar-refractivity contribution < 1.29 is 4.79 Å². The van der Waals surface area contributed by atoms with Crippen LogP contribution in [0.15, 0.2) is 36.0 Å². The maximum Gasteiger partial charge on any atom is 0.254 e. The number of likely N-dealkylation sites (tertiary alicyclic amines) is 1. The van der Waals surface area contributed by atoms with Gasteiger partial charge >= 0.3 is 0 Å². The Morgan fingerprint density at radius 2 is 2.20 bits per heavy atom. The number of aromatic nitrogens is 4. The third-order valence-electron chi connectivity index (χ3n) is 6.02. The van der Waals surface area contributed by atoms with Crippen molar-refractivity contribution in [2.45, 2.75) is 44.6 Å². The first-order valence-corrected chi connectivity index (χ1v) is 11.6. The van der Waals surface area contributed by atoms with Crippen molar-refractivity contribution in [1.29, 1.82) is 0 Å². The van der Waals surface area contributed by atoms with Gasteiger partial charge in [-0.3, -0.25) is 9.69 Å². The van der Waals surface area contributed by atoms with Gasteiger partial charge in [-0.25, -0.2) is 14.6 Å². The Hall–Kier alpha value is -2.58. The van der Waals surface area contributed by atoms with Crippen molar-refractivity contribution in [3.05, 3.63) is 47.2 Å². The molecule has 5 rings (SSSR count). The van der Waals surface area contributed by atoms with E-state index in [0.29, 0.717) is 30.0 Å². The maximum atomic E-state index is 13.0. The van der Waals surface area contributed by atoms with E-state index in [1.807, 2.05) is 23.6 Å². The van der Waals surface area contributed by atoms with Gasteiger partial charge in [-0.15, -0.1) is 11.3 Å². The van der Waals surface area contributed by atoms with Crippen LogP contribution in [-0.2, 0) is 0 Å². The summed E-state index contributed by atoms with van der Waals surface area (Å²) in [5, 5.41) is 9.71. The zero-order valence-electron chi connectivity index (χ0n) is 17.1. The molecule has 1 aliphatic carbocycles. The first-order chi connectivity index (χ1) is 14.7. The Bertz CT molecular complexity index is 1030. The largest absolute Gasteiger partial charge is 0.350 e. The number of likely N-dealkylation sites (N-methyl/N-ethyl adjacent to an activating group) is 1.